The van der Waals surface area contributed by atoms with Crippen molar-refractivity contribution in [3.63, 3.8) is 0 Å². The van der Waals surface area contributed by atoms with Gasteiger partial charge in [-0.05, 0) is 42.3 Å². The standard InChI is InChI=1S/C24H25FN6O3/c1-16(32)27-12-21-15-30(24(33)34-21)19-2-3-23(22(25)10-19)29-9-6-20(14-29)31-13-18(11-28-31)17-4-7-26-8-5-17/h2-5,7-8,10-11,13,20-21H,6,9,12,14-15H2,1H3,(H,27,32)/t20-,21+/m1/s1. The molecule has 2 fully saturated rings. The van der Waals surface area contributed by atoms with E-state index in [1.54, 1.807) is 24.5 Å². The summed E-state index contributed by atoms with van der Waals surface area (Å²) < 4.78 is 22.3. The monoisotopic (exact) mass is 464 g/mol. The molecule has 1 aromatic carbocycles. The Morgan fingerprint density at radius 2 is 2.03 bits per heavy atom. The average Bonchev–Trinajstić information content (AvgIpc) is 3.58. The van der Waals surface area contributed by atoms with E-state index in [-0.39, 0.29) is 25.0 Å². The third kappa shape index (κ3) is 4.43. The van der Waals surface area contributed by atoms with Crippen LogP contribution in [0.25, 0.3) is 11.1 Å². The van der Waals surface area contributed by atoms with Crippen LogP contribution >= 0.6 is 0 Å². The van der Waals surface area contributed by atoms with Gasteiger partial charge in [0.05, 0.1) is 36.7 Å². The van der Waals surface area contributed by atoms with E-state index in [1.807, 2.05) is 34.1 Å². The number of nitrogens with zero attached hydrogens (tertiary/aromatic N) is 5. The van der Waals surface area contributed by atoms with Gasteiger partial charge in [0.1, 0.15) is 11.9 Å². The van der Waals surface area contributed by atoms with Crippen molar-refractivity contribution in [2.24, 2.45) is 0 Å². The molecule has 2 aromatic heterocycles. The third-order valence-electron chi connectivity index (χ3n) is 6.19. The predicted molar refractivity (Wildman–Crippen MR) is 124 cm³/mol. The van der Waals surface area contributed by atoms with E-state index in [4.69, 9.17) is 4.74 Å². The molecule has 34 heavy (non-hydrogen) atoms. The van der Waals surface area contributed by atoms with Gasteiger partial charge in [-0.3, -0.25) is 19.4 Å². The lowest BCUT2D eigenvalue weighted by Crippen LogP contribution is -2.33. The number of hydrogen-bond donors (Lipinski definition) is 1. The van der Waals surface area contributed by atoms with Gasteiger partial charge in [-0.25, -0.2) is 9.18 Å². The molecule has 0 aliphatic carbocycles. The van der Waals surface area contributed by atoms with E-state index in [9.17, 15) is 9.59 Å². The number of benzene rings is 1. The van der Waals surface area contributed by atoms with Crippen LogP contribution in [0.5, 0.6) is 0 Å². The second-order valence-corrected chi connectivity index (χ2v) is 8.52. The van der Waals surface area contributed by atoms with Gasteiger partial charge in [0.15, 0.2) is 0 Å². The minimum atomic E-state index is -0.549. The Bertz CT molecular complexity index is 1200. The first-order valence-electron chi connectivity index (χ1n) is 11.2. The molecule has 9 nitrogen and oxygen atoms in total. The number of anilines is 2. The summed E-state index contributed by atoms with van der Waals surface area (Å²) in [5.41, 5.74) is 3.00. The fourth-order valence-electron chi connectivity index (χ4n) is 4.42. The van der Waals surface area contributed by atoms with Crippen molar-refractivity contribution in [1.29, 1.82) is 0 Å². The summed E-state index contributed by atoms with van der Waals surface area (Å²) in [5, 5.41) is 7.16. The molecule has 2 aliphatic heterocycles. The van der Waals surface area contributed by atoms with Crippen molar-refractivity contribution in [1.82, 2.24) is 20.1 Å². The Labute approximate surface area is 196 Å². The fraction of sp³-hybridized carbons (Fsp3) is 0.333. The molecule has 0 bridgehead atoms. The van der Waals surface area contributed by atoms with E-state index in [1.165, 1.54) is 17.9 Å². The molecule has 0 radical (unpaired) electrons. The number of carbonyl (C=O) groups is 2. The highest BCUT2D eigenvalue weighted by Gasteiger charge is 2.33. The highest BCUT2D eigenvalue weighted by Crippen LogP contribution is 2.32. The number of cyclic esters (lactones) is 1. The van der Waals surface area contributed by atoms with Crippen molar-refractivity contribution in [3.05, 3.63) is 60.9 Å². The molecule has 2 atom stereocenters. The van der Waals surface area contributed by atoms with Gasteiger partial charge in [-0.15, -0.1) is 0 Å². The summed E-state index contributed by atoms with van der Waals surface area (Å²) in [6.07, 6.45) is 7.18. The topological polar surface area (TPSA) is 92.6 Å². The smallest absolute Gasteiger partial charge is 0.414 e. The van der Waals surface area contributed by atoms with Crippen LogP contribution in [0, 0.1) is 5.82 Å². The van der Waals surface area contributed by atoms with Crippen LogP contribution in [0.4, 0.5) is 20.6 Å². The first-order valence-corrected chi connectivity index (χ1v) is 11.2. The fourth-order valence-corrected chi connectivity index (χ4v) is 4.42. The molecular formula is C24H25FN6O3. The predicted octanol–water partition coefficient (Wildman–Crippen LogP) is 3.00. The van der Waals surface area contributed by atoms with Gasteiger partial charge in [-0.2, -0.15) is 5.10 Å². The molecule has 0 saturated carbocycles. The van der Waals surface area contributed by atoms with E-state index in [0.29, 0.717) is 24.5 Å². The molecule has 4 heterocycles. The number of amides is 2. The van der Waals surface area contributed by atoms with Gasteiger partial charge in [0.25, 0.3) is 0 Å². The normalized spacial score (nSPS) is 20.0. The van der Waals surface area contributed by atoms with Crippen LogP contribution in [0.2, 0.25) is 0 Å². The van der Waals surface area contributed by atoms with Crippen molar-refractivity contribution >= 4 is 23.4 Å². The second-order valence-electron chi connectivity index (χ2n) is 8.52. The first kappa shape index (κ1) is 21.9. The van der Waals surface area contributed by atoms with Gasteiger partial charge in [0.2, 0.25) is 5.91 Å². The number of hydrogen-bond acceptors (Lipinski definition) is 6. The Morgan fingerprint density at radius 3 is 2.79 bits per heavy atom. The maximum atomic E-state index is 15.1. The Hall–Kier alpha value is -3.95. The molecule has 10 heteroatoms. The molecule has 0 unspecified atom stereocenters. The maximum absolute atomic E-state index is 15.1. The Balaban J connectivity index is 1.25. The van der Waals surface area contributed by atoms with Crippen LogP contribution in [0.3, 0.4) is 0 Å². The minimum Gasteiger partial charge on any atom is -0.442 e. The Morgan fingerprint density at radius 1 is 1.21 bits per heavy atom. The number of pyridine rings is 1. The quantitative estimate of drug-likeness (QED) is 0.603. The third-order valence-corrected chi connectivity index (χ3v) is 6.19. The molecule has 1 N–H and O–H groups in total. The number of ether oxygens (including phenoxy) is 1. The van der Waals surface area contributed by atoms with E-state index in [2.05, 4.69) is 15.4 Å². The first-order chi connectivity index (χ1) is 16.5. The van der Waals surface area contributed by atoms with Crippen LogP contribution in [-0.4, -0.2) is 59.0 Å². The Kier molecular flexibility index (Phi) is 5.87. The number of nitrogens with one attached hydrogen (secondary N) is 1. The maximum Gasteiger partial charge on any atom is 0.414 e. The van der Waals surface area contributed by atoms with Gasteiger partial charge >= 0.3 is 6.09 Å². The molecule has 0 spiro atoms. The summed E-state index contributed by atoms with van der Waals surface area (Å²) in [7, 11) is 0. The summed E-state index contributed by atoms with van der Waals surface area (Å²) in [4.78, 5) is 30.8. The van der Waals surface area contributed by atoms with Gasteiger partial charge in [-0.1, -0.05) is 0 Å². The molecule has 3 aromatic rings. The van der Waals surface area contributed by atoms with Crippen molar-refractivity contribution in [2.75, 3.05) is 36.0 Å². The number of carbonyl (C=O) groups excluding carboxylic acids is 2. The van der Waals surface area contributed by atoms with Gasteiger partial charge in [0, 0.05) is 44.2 Å². The molecule has 176 valence electrons. The lowest BCUT2D eigenvalue weighted by molar-refractivity contribution is -0.119. The molecule has 2 aliphatic rings. The highest BCUT2D eigenvalue weighted by molar-refractivity contribution is 5.90. The van der Waals surface area contributed by atoms with Crippen LogP contribution in [-0.2, 0) is 9.53 Å². The number of aromatic nitrogens is 3. The second kappa shape index (κ2) is 9.12. The largest absolute Gasteiger partial charge is 0.442 e. The van der Waals surface area contributed by atoms with Crippen molar-refractivity contribution in [2.45, 2.75) is 25.5 Å². The van der Waals surface area contributed by atoms with Gasteiger partial charge < -0.3 is 15.0 Å². The lowest BCUT2D eigenvalue weighted by Gasteiger charge is -2.21. The average molecular weight is 465 g/mol. The van der Waals surface area contributed by atoms with E-state index < -0.39 is 18.0 Å². The van der Waals surface area contributed by atoms with Crippen LogP contribution < -0.4 is 15.1 Å². The van der Waals surface area contributed by atoms with Crippen molar-refractivity contribution < 1.29 is 18.7 Å². The zero-order valence-electron chi connectivity index (χ0n) is 18.7. The molecule has 5 rings (SSSR count). The summed E-state index contributed by atoms with van der Waals surface area (Å²) in [5.74, 6) is -0.591. The summed E-state index contributed by atoms with van der Waals surface area (Å²) in [6, 6.07) is 8.81. The lowest BCUT2D eigenvalue weighted by atomic mass is 10.1. The SMILES string of the molecule is CC(=O)NC[C@H]1CN(c2ccc(N3CC[C@@H](n4cc(-c5ccncc5)cn4)C3)c(F)c2)C(=O)O1. The van der Waals surface area contributed by atoms with Crippen LogP contribution in [0.1, 0.15) is 19.4 Å². The highest BCUT2D eigenvalue weighted by atomic mass is 19.1. The molecule has 2 saturated heterocycles. The van der Waals surface area contributed by atoms with E-state index in [0.717, 1.165) is 17.5 Å². The zero-order valence-corrected chi connectivity index (χ0v) is 18.7. The van der Waals surface area contributed by atoms with Crippen LogP contribution in [0.15, 0.2) is 55.1 Å². The number of halogens is 1. The summed E-state index contributed by atoms with van der Waals surface area (Å²) >= 11 is 0. The van der Waals surface area contributed by atoms with E-state index >= 15 is 4.39 Å². The van der Waals surface area contributed by atoms with Crippen molar-refractivity contribution in [3.8, 4) is 11.1 Å². The molecule has 2 amide bonds. The number of rotatable bonds is 6. The minimum absolute atomic E-state index is 0.137. The zero-order chi connectivity index (χ0) is 23.7. The molecular weight excluding hydrogens is 439 g/mol. The summed E-state index contributed by atoms with van der Waals surface area (Å²) in [6.45, 7) is 3.22.